The van der Waals surface area contributed by atoms with Gasteiger partial charge in [-0.1, -0.05) is 21.1 Å². The van der Waals surface area contributed by atoms with Crippen LogP contribution in [0.25, 0.3) is 0 Å². The van der Waals surface area contributed by atoms with Gasteiger partial charge in [0.2, 0.25) is 0 Å². The first-order valence-corrected chi connectivity index (χ1v) is 10.2. The maximum absolute atomic E-state index is 12.1. The molecule has 1 unspecified atom stereocenters. The molecule has 124 valence electrons. The van der Waals surface area contributed by atoms with E-state index in [1.54, 1.807) is 0 Å². The van der Waals surface area contributed by atoms with Gasteiger partial charge in [0.25, 0.3) is 0 Å². The average molecular weight is 416 g/mol. The van der Waals surface area contributed by atoms with Crippen molar-refractivity contribution in [2.45, 2.75) is 23.3 Å². The van der Waals surface area contributed by atoms with Crippen LogP contribution in [0.3, 0.4) is 0 Å². The van der Waals surface area contributed by atoms with Crippen molar-refractivity contribution in [3.8, 4) is 5.75 Å². The van der Waals surface area contributed by atoms with Crippen molar-refractivity contribution in [1.29, 1.82) is 0 Å². The fourth-order valence-electron chi connectivity index (χ4n) is 2.86. The van der Waals surface area contributed by atoms with Gasteiger partial charge in [-0.05, 0) is 37.1 Å². The number of nitrogens with zero attached hydrogens (tertiary/aromatic N) is 1. The number of benzene rings is 1. The molecule has 1 aromatic carbocycles. The second-order valence-corrected chi connectivity index (χ2v) is 9.66. The first-order valence-electron chi connectivity index (χ1n) is 7.47. The van der Waals surface area contributed by atoms with Gasteiger partial charge in [-0.3, -0.25) is 4.79 Å². The summed E-state index contributed by atoms with van der Waals surface area (Å²) in [7, 11) is 1.43. The van der Waals surface area contributed by atoms with Gasteiger partial charge in [0.05, 0.1) is 22.8 Å². The Hall–Kier alpha value is -0.660. The lowest BCUT2D eigenvalue weighted by atomic mass is 9.86. The zero-order valence-electron chi connectivity index (χ0n) is 12.8. The molecular weight excluding hydrogens is 398 g/mol. The fraction of sp³-hybridized carbons (Fsp3) is 0.500. The minimum atomic E-state index is -0.289. The monoisotopic (exact) mass is 415 g/mol. The van der Waals surface area contributed by atoms with Crippen molar-refractivity contribution in [3.63, 3.8) is 0 Å². The number of methoxy groups -OCH3 is 1. The van der Waals surface area contributed by atoms with E-state index in [1.165, 1.54) is 7.11 Å². The van der Waals surface area contributed by atoms with E-state index in [4.69, 9.17) is 9.57 Å². The minimum absolute atomic E-state index is 0.159. The molecule has 0 aromatic heterocycles. The van der Waals surface area contributed by atoms with Crippen LogP contribution in [-0.2, 0) is 9.53 Å². The summed E-state index contributed by atoms with van der Waals surface area (Å²) in [4.78, 5) is 17.6. The van der Waals surface area contributed by atoms with Crippen molar-refractivity contribution < 1.29 is 14.4 Å². The van der Waals surface area contributed by atoms with Crippen LogP contribution in [0.4, 0.5) is 0 Å². The molecule has 23 heavy (non-hydrogen) atoms. The Bertz CT molecular complexity index is 600. The van der Waals surface area contributed by atoms with Gasteiger partial charge in [0, 0.05) is 22.4 Å². The molecular formula is C16H18BrNO3S2. The van der Waals surface area contributed by atoms with Crippen LogP contribution in [0, 0.1) is 5.92 Å². The summed E-state index contributed by atoms with van der Waals surface area (Å²) < 4.78 is 6.09. The minimum Gasteiger partial charge on any atom is -0.469 e. The number of esters is 1. The van der Waals surface area contributed by atoms with Crippen LogP contribution in [0.5, 0.6) is 5.75 Å². The number of rotatable bonds is 3. The van der Waals surface area contributed by atoms with Crippen LogP contribution < -0.4 is 4.84 Å². The van der Waals surface area contributed by atoms with Crippen LogP contribution in [0.1, 0.15) is 19.3 Å². The second kappa shape index (κ2) is 7.49. The number of hydrogen-bond acceptors (Lipinski definition) is 6. The molecule has 0 bridgehead atoms. The summed E-state index contributed by atoms with van der Waals surface area (Å²) in [5.41, 5.74) is 0.799. The predicted molar refractivity (Wildman–Crippen MR) is 99.2 cm³/mol. The number of carbonyl (C=O) groups excluding carboxylic acids is 1. The van der Waals surface area contributed by atoms with E-state index >= 15 is 0 Å². The molecule has 1 aliphatic heterocycles. The zero-order chi connectivity index (χ0) is 16.3. The molecule has 1 saturated heterocycles. The van der Waals surface area contributed by atoms with Gasteiger partial charge < -0.3 is 9.57 Å². The summed E-state index contributed by atoms with van der Waals surface area (Å²) in [5, 5.41) is 4.33. The largest absolute Gasteiger partial charge is 0.469 e. The summed E-state index contributed by atoms with van der Waals surface area (Å²) in [6, 6.07) is 7.49. The van der Waals surface area contributed by atoms with Crippen molar-refractivity contribution in [3.05, 3.63) is 28.7 Å². The van der Waals surface area contributed by atoms with Gasteiger partial charge in [-0.15, -0.1) is 23.5 Å². The number of halogens is 1. The highest BCUT2D eigenvalue weighted by atomic mass is 79.9. The smallest absolute Gasteiger partial charge is 0.314 e. The van der Waals surface area contributed by atoms with E-state index in [1.807, 2.05) is 47.8 Å². The molecule has 4 nitrogen and oxygen atoms in total. The predicted octanol–water partition coefficient (Wildman–Crippen LogP) is 4.33. The maximum Gasteiger partial charge on any atom is 0.314 e. The first kappa shape index (κ1) is 17.2. The number of hydrogen-bond donors (Lipinski definition) is 0. The van der Waals surface area contributed by atoms with E-state index in [2.05, 4.69) is 21.1 Å². The third kappa shape index (κ3) is 4.06. The highest BCUT2D eigenvalue weighted by Crippen LogP contribution is 2.53. The molecule has 1 aliphatic carbocycles. The number of ether oxygens (including phenoxy) is 1. The highest BCUT2D eigenvalue weighted by Gasteiger charge is 2.45. The number of oxime groups is 1. The Morgan fingerprint density at radius 3 is 2.65 bits per heavy atom. The van der Waals surface area contributed by atoms with Crippen LogP contribution >= 0.6 is 39.5 Å². The summed E-state index contributed by atoms with van der Waals surface area (Å²) in [5.74, 6) is 2.48. The Morgan fingerprint density at radius 2 is 2.00 bits per heavy atom. The van der Waals surface area contributed by atoms with Crippen molar-refractivity contribution in [2.75, 3.05) is 18.6 Å². The Balaban J connectivity index is 1.78. The molecule has 1 spiro atoms. The third-order valence-electron chi connectivity index (χ3n) is 4.05. The second-order valence-electron chi connectivity index (χ2n) is 5.53. The van der Waals surface area contributed by atoms with Gasteiger partial charge in [-0.25, -0.2) is 0 Å². The normalized spacial score (nSPS) is 24.8. The lowest BCUT2D eigenvalue weighted by Gasteiger charge is -2.35. The maximum atomic E-state index is 12.1. The van der Waals surface area contributed by atoms with E-state index in [0.29, 0.717) is 5.75 Å². The molecule has 0 radical (unpaired) electrons. The number of carbonyl (C=O) groups is 1. The van der Waals surface area contributed by atoms with Gasteiger partial charge in [0.15, 0.2) is 5.75 Å². The van der Waals surface area contributed by atoms with Gasteiger partial charge >= 0.3 is 5.97 Å². The molecule has 3 rings (SSSR count). The first-order chi connectivity index (χ1) is 11.1. The van der Waals surface area contributed by atoms with E-state index in [0.717, 1.165) is 41.0 Å². The Labute approximate surface area is 152 Å². The number of thioether (sulfide) groups is 2. The zero-order valence-corrected chi connectivity index (χ0v) is 16.0. The average Bonchev–Trinajstić information content (AvgIpc) is 3.02. The standard InChI is InChI=1S/C16H18BrNO3S2/c1-20-15(19)13-6-7-16(22-8-9-23-16)10-14(13)18-21-12-4-2-11(17)3-5-12/h2-5,13H,6-10H2,1H3/b18-14-. The SMILES string of the molecule is COC(=O)C1CCC2(C/C1=N/Oc1ccc(Br)cc1)SCCS2. The molecule has 1 saturated carbocycles. The van der Waals surface area contributed by atoms with Crippen molar-refractivity contribution >= 4 is 51.1 Å². The molecule has 1 aromatic rings. The Morgan fingerprint density at radius 1 is 1.30 bits per heavy atom. The third-order valence-corrected chi connectivity index (χ3v) is 8.11. The van der Waals surface area contributed by atoms with Gasteiger partial charge in [-0.2, -0.15) is 0 Å². The van der Waals surface area contributed by atoms with Crippen LogP contribution in [0.15, 0.2) is 33.9 Å². The van der Waals surface area contributed by atoms with E-state index < -0.39 is 0 Å². The van der Waals surface area contributed by atoms with E-state index in [-0.39, 0.29) is 16.0 Å². The summed E-state index contributed by atoms with van der Waals surface area (Å²) in [6.45, 7) is 0. The van der Waals surface area contributed by atoms with Crippen LogP contribution in [0.2, 0.25) is 0 Å². The Kier molecular flexibility index (Phi) is 5.59. The summed E-state index contributed by atoms with van der Waals surface area (Å²) in [6.07, 6.45) is 2.56. The van der Waals surface area contributed by atoms with Crippen molar-refractivity contribution in [1.82, 2.24) is 0 Å². The van der Waals surface area contributed by atoms with E-state index in [9.17, 15) is 4.79 Å². The lowest BCUT2D eigenvalue weighted by Crippen LogP contribution is -2.38. The molecule has 7 heteroatoms. The fourth-order valence-corrected chi connectivity index (χ4v) is 6.39. The molecule has 0 amide bonds. The summed E-state index contributed by atoms with van der Waals surface area (Å²) >= 11 is 7.36. The lowest BCUT2D eigenvalue weighted by molar-refractivity contribution is -0.143. The van der Waals surface area contributed by atoms with Crippen LogP contribution in [-0.4, -0.2) is 34.4 Å². The molecule has 1 heterocycles. The molecule has 0 N–H and O–H groups in total. The topological polar surface area (TPSA) is 47.9 Å². The van der Waals surface area contributed by atoms with Crippen molar-refractivity contribution in [2.24, 2.45) is 11.1 Å². The van der Waals surface area contributed by atoms with Gasteiger partial charge in [0.1, 0.15) is 0 Å². The highest BCUT2D eigenvalue weighted by molar-refractivity contribution is 9.10. The molecule has 1 atom stereocenters. The quantitative estimate of drug-likeness (QED) is 0.542. The molecule has 2 aliphatic rings. The molecule has 2 fully saturated rings.